The first-order chi connectivity index (χ1) is 34.4. The standard InChI is InChI=1S/C55H83N11O6/c1-34(2)11-9-12-35(3)42-19-20-43-41-18-15-37-31-40(23-25-54(37,4)44(41)24-26-55(42,43)5)72-53(71)60-29-8-7-27-58-28-10-30-59-51(70)45(21-22-46(67)68)63-50(69)36-13-16-39(17-14-36)66(6)33-38-32-61-49-47(62-38)48(56)64-52(57)65-49/h13-17,32,34-35,40-45,58H,7-12,18-31,33H2,1-6H3,(H,59,70)(H,60,71)(H,63,69)(H,67,68)(H4,56,57,61,64,65)/t35?,40-,41-,42+,43-,44-,45?,54-,55+/m0/s1. The molecule has 2 unspecified atom stereocenters. The van der Waals surface area contributed by atoms with Crippen molar-refractivity contribution in [3.05, 3.63) is 53.4 Å². The van der Waals surface area contributed by atoms with Crippen LogP contribution in [0.4, 0.5) is 22.2 Å². The number of hydrogen-bond acceptors (Lipinski definition) is 13. The van der Waals surface area contributed by atoms with Crippen molar-refractivity contribution in [3.8, 4) is 0 Å². The number of aliphatic carboxylic acids is 1. The highest BCUT2D eigenvalue weighted by molar-refractivity contribution is 5.98. The van der Waals surface area contributed by atoms with Crippen LogP contribution < -0.4 is 37.6 Å². The number of nitrogens with zero attached hydrogens (tertiary/aromatic N) is 5. The molecule has 3 fully saturated rings. The summed E-state index contributed by atoms with van der Waals surface area (Å²) in [4.78, 5) is 69.5. The van der Waals surface area contributed by atoms with Crippen LogP contribution >= 0.6 is 0 Å². The van der Waals surface area contributed by atoms with Crippen molar-refractivity contribution >= 4 is 52.5 Å². The molecule has 394 valence electrons. The number of carboxylic acids is 1. The van der Waals surface area contributed by atoms with Crippen molar-refractivity contribution in [2.75, 3.05) is 49.6 Å². The topological polar surface area (TPSA) is 253 Å². The van der Waals surface area contributed by atoms with Crippen LogP contribution in [-0.4, -0.2) is 94.3 Å². The molecule has 4 aliphatic carbocycles. The van der Waals surface area contributed by atoms with Gasteiger partial charge < -0.3 is 47.5 Å². The second kappa shape index (κ2) is 24.4. The Balaban J connectivity index is 0.757. The van der Waals surface area contributed by atoms with Gasteiger partial charge in [-0.2, -0.15) is 9.97 Å². The van der Waals surface area contributed by atoms with Gasteiger partial charge in [0.15, 0.2) is 17.0 Å². The zero-order valence-electron chi connectivity index (χ0n) is 43.8. The van der Waals surface area contributed by atoms with Crippen LogP contribution in [0.2, 0.25) is 0 Å². The fourth-order valence-corrected chi connectivity index (χ4v) is 13.2. The maximum absolute atomic E-state index is 13.2. The van der Waals surface area contributed by atoms with Crippen molar-refractivity contribution < 1.29 is 29.0 Å². The quantitative estimate of drug-likeness (QED) is 0.0330. The number of rotatable bonds is 24. The molecule has 72 heavy (non-hydrogen) atoms. The van der Waals surface area contributed by atoms with Crippen LogP contribution in [0.3, 0.4) is 0 Å². The molecule has 0 bridgehead atoms. The molecule has 17 heteroatoms. The van der Waals surface area contributed by atoms with E-state index in [0.29, 0.717) is 60.4 Å². The number of carboxylic acid groups (broad SMARTS) is 1. The fraction of sp³-hybridized carbons (Fsp3) is 0.673. The van der Waals surface area contributed by atoms with Gasteiger partial charge in [0, 0.05) is 44.2 Å². The predicted octanol–water partition coefficient (Wildman–Crippen LogP) is 8.20. The molecule has 3 saturated carbocycles. The largest absolute Gasteiger partial charge is 0.481 e. The number of nitrogens with one attached hydrogen (secondary N) is 4. The van der Waals surface area contributed by atoms with Gasteiger partial charge in [-0.3, -0.25) is 14.4 Å². The summed E-state index contributed by atoms with van der Waals surface area (Å²) in [7, 11) is 1.86. The monoisotopic (exact) mass is 994 g/mol. The zero-order chi connectivity index (χ0) is 51.6. The molecule has 0 aliphatic heterocycles. The third kappa shape index (κ3) is 13.3. The maximum atomic E-state index is 13.2. The lowest BCUT2D eigenvalue weighted by atomic mass is 9.47. The van der Waals surface area contributed by atoms with Crippen molar-refractivity contribution in [3.63, 3.8) is 0 Å². The third-order valence-electron chi connectivity index (χ3n) is 17.2. The van der Waals surface area contributed by atoms with Gasteiger partial charge in [-0.1, -0.05) is 65.5 Å². The fourth-order valence-electron chi connectivity index (χ4n) is 13.2. The van der Waals surface area contributed by atoms with Crippen molar-refractivity contribution in [1.82, 2.24) is 41.2 Å². The molecule has 7 rings (SSSR count). The van der Waals surface area contributed by atoms with Gasteiger partial charge in [0.25, 0.3) is 5.91 Å². The van der Waals surface area contributed by atoms with E-state index < -0.39 is 23.8 Å². The minimum Gasteiger partial charge on any atom is -0.481 e. The van der Waals surface area contributed by atoms with Crippen LogP contribution in [0.5, 0.6) is 0 Å². The number of carbonyl (C=O) groups excluding carboxylic acids is 3. The highest BCUT2D eigenvalue weighted by Crippen LogP contribution is 2.67. The molecule has 2 heterocycles. The van der Waals surface area contributed by atoms with Crippen LogP contribution in [0.15, 0.2) is 42.1 Å². The smallest absolute Gasteiger partial charge is 0.407 e. The summed E-state index contributed by atoms with van der Waals surface area (Å²) in [5.74, 6) is 3.01. The van der Waals surface area contributed by atoms with E-state index in [0.717, 1.165) is 79.8 Å². The minimum atomic E-state index is -1.06. The summed E-state index contributed by atoms with van der Waals surface area (Å²) in [5.41, 5.74) is 16.3. The number of anilines is 3. The normalized spacial score (nSPS) is 25.3. The van der Waals surface area contributed by atoms with Gasteiger partial charge in [-0.25, -0.2) is 14.8 Å². The molecule has 0 radical (unpaired) electrons. The molecule has 0 saturated heterocycles. The number of carbonyl (C=O) groups is 4. The first kappa shape index (κ1) is 54.2. The number of ether oxygens (including phenoxy) is 1. The Hall–Kier alpha value is -5.58. The average Bonchev–Trinajstić information content (AvgIpc) is 3.70. The number of alkyl carbamates (subject to hydrolysis) is 1. The second-order valence-electron chi connectivity index (χ2n) is 22.5. The molecule has 3 aromatic rings. The maximum Gasteiger partial charge on any atom is 0.407 e. The third-order valence-corrected chi connectivity index (χ3v) is 17.2. The van der Waals surface area contributed by atoms with Gasteiger partial charge in [0.05, 0.1) is 18.4 Å². The van der Waals surface area contributed by atoms with Gasteiger partial charge in [0.2, 0.25) is 11.9 Å². The highest BCUT2D eigenvalue weighted by atomic mass is 16.6. The van der Waals surface area contributed by atoms with Crippen LogP contribution in [0.1, 0.15) is 153 Å². The Kier molecular flexibility index (Phi) is 18.4. The molecule has 3 amide bonds. The van der Waals surface area contributed by atoms with Crippen LogP contribution in [0, 0.1) is 46.3 Å². The van der Waals surface area contributed by atoms with Gasteiger partial charge in [0.1, 0.15) is 12.1 Å². The summed E-state index contributed by atoms with van der Waals surface area (Å²) >= 11 is 0. The molecule has 4 aliphatic rings. The average molecular weight is 994 g/mol. The van der Waals surface area contributed by atoms with Gasteiger partial charge in [-0.15, -0.1) is 0 Å². The van der Waals surface area contributed by atoms with Crippen molar-refractivity contribution in [2.24, 2.45) is 46.3 Å². The Morgan fingerprint density at radius 2 is 1.61 bits per heavy atom. The molecule has 9 atom stereocenters. The number of nitrogen functional groups attached to an aromatic ring is 2. The number of benzene rings is 1. The molecule has 1 aromatic carbocycles. The SMILES string of the molecule is CC(C)CCCC(C)[C@H]1CC[C@H]2[C@@H]3CC=C4C[C@@H](OC(=O)NCCCCNCCCNC(=O)C(CCC(=O)O)NC(=O)c5ccc(N(C)Cc6cnc7nc(N)nc(N)c7n6)cc5)CC[C@]4(C)[C@H]3CC[C@]12C. The van der Waals surface area contributed by atoms with E-state index in [4.69, 9.17) is 16.2 Å². The number of nitrogens with two attached hydrogens (primary N) is 2. The summed E-state index contributed by atoms with van der Waals surface area (Å²) in [6.45, 7) is 15.1. The lowest BCUT2D eigenvalue weighted by molar-refractivity contribution is -0.137. The van der Waals surface area contributed by atoms with Crippen molar-refractivity contribution in [2.45, 2.75) is 156 Å². The number of allylic oxidation sites excluding steroid dienone is 1. The highest BCUT2D eigenvalue weighted by Gasteiger charge is 2.59. The summed E-state index contributed by atoms with van der Waals surface area (Å²) in [6.07, 6.45) is 19.4. The van der Waals surface area contributed by atoms with E-state index in [1.165, 1.54) is 56.9 Å². The summed E-state index contributed by atoms with van der Waals surface area (Å²) in [6, 6.07) is 5.78. The molecule has 2 aromatic heterocycles. The Morgan fingerprint density at radius 3 is 2.38 bits per heavy atom. The van der Waals surface area contributed by atoms with Gasteiger partial charge >= 0.3 is 12.1 Å². The van der Waals surface area contributed by atoms with E-state index in [1.54, 1.807) is 30.5 Å². The van der Waals surface area contributed by atoms with Gasteiger partial charge in [-0.05, 0) is 154 Å². The van der Waals surface area contributed by atoms with E-state index in [-0.39, 0.29) is 42.2 Å². The van der Waals surface area contributed by atoms with E-state index in [1.807, 2.05) is 11.9 Å². The predicted molar refractivity (Wildman–Crippen MR) is 282 cm³/mol. The molecular formula is C55H83N11O6. The number of aromatic nitrogens is 4. The number of unbranched alkanes of at least 4 members (excludes halogenated alkanes) is 1. The number of fused-ring (bicyclic) bond motifs is 6. The molecule has 9 N–H and O–H groups in total. The molecule has 17 nitrogen and oxygen atoms in total. The van der Waals surface area contributed by atoms with Crippen LogP contribution in [0.25, 0.3) is 11.2 Å². The van der Waals surface area contributed by atoms with E-state index >= 15 is 0 Å². The first-order valence-electron chi connectivity index (χ1n) is 27.0. The second-order valence-corrected chi connectivity index (χ2v) is 22.5. The molecule has 0 spiro atoms. The Bertz CT molecular complexity index is 2380. The van der Waals surface area contributed by atoms with E-state index in [9.17, 15) is 24.3 Å². The first-order valence-corrected chi connectivity index (χ1v) is 27.0. The molecular weight excluding hydrogens is 911 g/mol. The summed E-state index contributed by atoms with van der Waals surface area (Å²) in [5, 5.41) is 21.2. The Morgan fingerprint density at radius 1 is 0.861 bits per heavy atom. The van der Waals surface area contributed by atoms with Crippen LogP contribution in [-0.2, 0) is 20.9 Å². The Labute approximate surface area is 426 Å². The zero-order valence-corrected chi connectivity index (χ0v) is 43.8. The number of amides is 3. The lowest BCUT2D eigenvalue weighted by Crippen LogP contribution is -2.51. The lowest BCUT2D eigenvalue weighted by Gasteiger charge is -2.58. The van der Waals surface area contributed by atoms with Crippen molar-refractivity contribution in [1.29, 1.82) is 0 Å². The minimum absolute atomic E-state index is 0.0190. The van der Waals surface area contributed by atoms with E-state index in [2.05, 4.69) is 81.9 Å². The summed E-state index contributed by atoms with van der Waals surface area (Å²) < 4.78 is 6.01. The number of hydrogen-bond donors (Lipinski definition) is 7.